The maximum Gasteiger partial charge on any atom is 0.355 e. The number of urea groups is 1. The van der Waals surface area contributed by atoms with Gasteiger partial charge in [-0.25, -0.2) is 4.79 Å². The summed E-state index contributed by atoms with van der Waals surface area (Å²) in [5, 5.41) is 6.38. The van der Waals surface area contributed by atoms with Crippen LogP contribution >= 0.6 is 0 Å². The van der Waals surface area contributed by atoms with Gasteiger partial charge in [0.25, 0.3) is 0 Å². The maximum absolute atomic E-state index is 12.0. The van der Waals surface area contributed by atoms with E-state index in [-0.39, 0.29) is 0 Å². The second-order valence-electron chi connectivity index (χ2n) is 5.80. The average Bonchev–Trinajstić information content (AvgIpc) is 3.11. The molecular formula is C20H17N5O. The zero-order chi connectivity index (χ0) is 17.9. The number of carbonyl (C=O) groups is 1. The number of benzene rings is 3. The summed E-state index contributed by atoms with van der Waals surface area (Å²) in [6, 6.07) is 24.7. The lowest BCUT2D eigenvalue weighted by Gasteiger charge is -2.22. The molecule has 0 saturated carbocycles. The van der Waals surface area contributed by atoms with Crippen molar-refractivity contribution in [2.75, 3.05) is 10.5 Å². The van der Waals surface area contributed by atoms with E-state index in [1.807, 2.05) is 78.9 Å². The van der Waals surface area contributed by atoms with Gasteiger partial charge in [0.2, 0.25) is 0 Å². The molecule has 4 aromatic rings. The predicted octanol–water partition coefficient (Wildman–Crippen LogP) is 3.75. The Kier molecular flexibility index (Phi) is 3.99. The summed E-state index contributed by atoms with van der Waals surface area (Å²) < 4.78 is 0. The van der Waals surface area contributed by atoms with Crippen LogP contribution in [0.4, 0.5) is 10.5 Å². The molecule has 3 N–H and O–H groups in total. The number of hydrogen-bond donors (Lipinski definition) is 2. The fourth-order valence-electron chi connectivity index (χ4n) is 2.83. The molecule has 1 heterocycles. The number of nitrogens with two attached hydrogens (primary N) is 1. The lowest BCUT2D eigenvalue weighted by atomic mass is 10.1. The molecule has 0 saturated heterocycles. The number of fused-ring (bicyclic) bond motifs is 1. The van der Waals surface area contributed by atoms with Crippen LogP contribution in [0.3, 0.4) is 0 Å². The van der Waals surface area contributed by atoms with Crippen molar-refractivity contribution in [1.29, 1.82) is 0 Å². The third-order valence-electron chi connectivity index (χ3n) is 4.06. The van der Waals surface area contributed by atoms with Gasteiger partial charge in [-0.1, -0.05) is 60.7 Å². The highest BCUT2D eigenvalue weighted by atomic mass is 16.2. The minimum absolute atomic E-state index is 0.663. The molecule has 26 heavy (non-hydrogen) atoms. The molecule has 0 atom stereocenters. The molecular weight excluding hydrogens is 326 g/mol. The van der Waals surface area contributed by atoms with Gasteiger partial charge in [-0.05, 0) is 29.3 Å². The van der Waals surface area contributed by atoms with E-state index in [0.29, 0.717) is 0 Å². The summed E-state index contributed by atoms with van der Waals surface area (Å²) in [5.41, 5.74) is 12.2. The number of anilines is 1. The number of primary amides is 1. The molecule has 0 fully saturated rings. The molecule has 0 unspecified atom stereocenters. The molecule has 0 aliphatic heterocycles. The van der Waals surface area contributed by atoms with Crippen LogP contribution in [0, 0.1) is 0 Å². The summed E-state index contributed by atoms with van der Waals surface area (Å²) in [6.07, 6.45) is 1.69. The van der Waals surface area contributed by atoms with Crippen LogP contribution in [0.1, 0.15) is 0 Å². The first-order chi connectivity index (χ1) is 12.7. The topological polar surface area (TPSA) is 76.2 Å². The summed E-state index contributed by atoms with van der Waals surface area (Å²) in [6.45, 7) is 0. The first-order valence-corrected chi connectivity index (χ1v) is 8.17. The Balaban J connectivity index is 1.69. The van der Waals surface area contributed by atoms with Crippen molar-refractivity contribution in [2.45, 2.75) is 0 Å². The minimum atomic E-state index is -0.663. The quantitative estimate of drug-likeness (QED) is 0.554. The second kappa shape index (κ2) is 6.60. The Hall–Kier alpha value is -3.80. The molecule has 0 radical (unpaired) electrons. The SMILES string of the molecule is NC(=O)N(Nc1cccc(-c2ccccc2)c1)n1ncc2ccccc21. The van der Waals surface area contributed by atoms with Crippen molar-refractivity contribution in [3.05, 3.63) is 85.1 Å². The second-order valence-corrected chi connectivity index (χ2v) is 5.80. The van der Waals surface area contributed by atoms with Crippen molar-refractivity contribution in [2.24, 2.45) is 5.73 Å². The Labute approximate surface area is 150 Å². The Morgan fingerprint density at radius 3 is 2.46 bits per heavy atom. The third kappa shape index (κ3) is 2.95. The molecule has 3 aromatic carbocycles. The molecule has 1 aromatic heterocycles. The molecule has 0 spiro atoms. The van der Waals surface area contributed by atoms with Crippen molar-refractivity contribution in [3.63, 3.8) is 0 Å². The number of amides is 2. The van der Waals surface area contributed by atoms with Crippen molar-refractivity contribution in [3.8, 4) is 11.1 Å². The number of para-hydroxylation sites is 1. The van der Waals surface area contributed by atoms with Crippen LogP contribution in [-0.2, 0) is 0 Å². The smallest absolute Gasteiger partial charge is 0.348 e. The lowest BCUT2D eigenvalue weighted by Crippen LogP contribution is -2.48. The van der Waals surface area contributed by atoms with E-state index in [9.17, 15) is 4.79 Å². The number of rotatable bonds is 4. The number of nitrogens with one attached hydrogen (secondary N) is 1. The molecule has 6 nitrogen and oxygen atoms in total. The van der Waals surface area contributed by atoms with E-state index in [0.717, 1.165) is 27.7 Å². The zero-order valence-corrected chi connectivity index (χ0v) is 13.9. The number of carbonyl (C=O) groups excluding carboxylic acids is 1. The van der Waals surface area contributed by atoms with Crippen LogP contribution < -0.4 is 16.3 Å². The molecule has 0 bridgehead atoms. The number of nitrogens with zero attached hydrogens (tertiary/aromatic N) is 3. The fraction of sp³-hybridized carbons (Fsp3) is 0. The van der Waals surface area contributed by atoms with Crippen LogP contribution in [0.2, 0.25) is 0 Å². The standard InChI is InChI=1S/C20H17N5O/c21-20(26)25(24-19-12-5-4-9-17(19)14-22-24)23-18-11-6-10-16(13-18)15-7-2-1-3-8-15/h1-14,23H,(H2,21,26). The minimum Gasteiger partial charge on any atom is -0.348 e. The van der Waals surface area contributed by atoms with Crippen LogP contribution in [0.25, 0.3) is 22.0 Å². The number of aromatic nitrogens is 2. The van der Waals surface area contributed by atoms with Gasteiger partial charge in [-0.2, -0.15) is 5.10 Å². The molecule has 0 aliphatic rings. The van der Waals surface area contributed by atoms with Crippen molar-refractivity contribution < 1.29 is 4.79 Å². The van der Waals surface area contributed by atoms with Crippen LogP contribution in [0.5, 0.6) is 0 Å². The fourth-order valence-corrected chi connectivity index (χ4v) is 2.83. The zero-order valence-electron chi connectivity index (χ0n) is 13.9. The molecule has 128 valence electrons. The Morgan fingerprint density at radius 2 is 1.65 bits per heavy atom. The average molecular weight is 343 g/mol. The van der Waals surface area contributed by atoms with E-state index in [4.69, 9.17) is 5.73 Å². The van der Waals surface area contributed by atoms with Gasteiger partial charge in [-0.3, -0.25) is 5.43 Å². The van der Waals surface area contributed by atoms with Gasteiger partial charge in [-0.15, -0.1) is 9.91 Å². The first-order valence-electron chi connectivity index (χ1n) is 8.17. The van der Waals surface area contributed by atoms with Gasteiger partial charge in [0.15, 0.2) is 0 Å². The van der Waals surface area contributed by atoms with Gasteiger partial charge in [0, 0.05) is 5.39 Å². The molecule has 2 amide bonds. The summed E-state index contributed by atoms with van der Waals surface area (Å²) in [7, 11) is 0. The summed E-state index contributed by atoms with van der Waals surface area (Å²) in [5.74, 6) is 0. The van der Waals surface area contributed by atoms with Crippen LogP contribution in [0.15, 0.2) is 85.1 Å². The molecule has 6 heteroatoms. The number of hydrogen-bond acceptors (Lipinski definition) is 3. The van der Waals surface area contributed by atoms with Gasteiger partial charge in [0.05, 0.1) is 17.4 Å². The van der Waals surface area contributed by atoms with Crippen LogP contribution in [-0.4, -0.2) is 15.9 Å². The van der Waals surface area contributed by atoms with Gasteiger partial charge >= 0.3 is 6.03 Å². The highest BCUT2D eigenvalue weighted by Gasteiger charge is 2.16. The Bertz CT molecular complexity index is 1060. The highest BCUT2D eigenvalue weighted by molar-refractivity contribution is 5.88. The first kappa shape index (κ1) is 15.7. The normalized spacial score (nSPS) is 10.6. The van der Waals surface area contributed by atoms with Gasteiger partial charge in [0.1, 0.15) is 0 Å². The van der Waals surface area contributed by atoms with E-state index in [1.54, 1.807) is 6.20 Å². The van der Waals surface area contributed by atoms with Crippen molar-refractivity contribution in [1.82, 2.24) is 9.89 Å². The highest BCUT2D eigenvalue weighted by Crippen LogP contribution is 2.23. The summed E-state index contributed by atoms with van der Waals surface area (Å²) in [4.78, 5) is 13.5. The summed E-state index contributed by atoms with van der Waals surface area (Å²) >= 11 is 0. The Morgan fingerprint density at radius 1 is 0.923 bits per heavy atom. The predicted molar refractivity (Wildman–Crippen MR) is 103 cm³/mol. The molecule has 4 rings (SSSR count). The van der Waals surface area contributed by atoms with E-state index in [1.165, 1.54) is 9.91 Å². The van der Waals surface area contributed by atoms with Crippen molar-refractivity contribution >= 4 is 22.6 Å². The van der Waals surface area contributed by atoms with E-state index < -0.39 is 6.03 Å². The lowest BCUT2D eigenvalue weighted by molar-refractivity contribution is 0.249. The largest absolute Gasteiger partial charge is 0.355 e. The molecule has 0 aliphatic carbocycles. The number of hydrazine groups is 1. The third-order valence-corrected chi connectivity index (χ3v) is 4.06. The monoisotopic (exact) mass is 343 g/mol. The van der Waals surface area contributed by atoms with E-state index >= 15 is 0 Å². The van der Waals surface area contributed by atoms with Gasteiger partial charge < -0.3 is 5.73 Å². The van der Waals surface area contributed by atoms with E-state index in [2.05, 4.69) is 10.5 Å². The maximum atomic E-state index is 12.0.